The predicted molar refractivity (Wildman–Crippen MR) is 66.8 cm³/mol. The van der Waals surface area contributed by atoms with Gasteiger partial charge in [-0.05, 0) is 39.2 Å². The normalized spacial score (nSPS) is 33.6. The van der Waals surface area contributed by atoms with Crippen molar-refractivity contribution < 1.29 is 9.53 Å². The average Bonchev–Trinajstić information content (AvgIpc) is 2.77. The first-order chi connectivity index (χ1) is 8.27. The molecule has 2 rings (SSSR count). The van der Waals surface area contributed by atoms with E-state index in [1.165, 1.54) is 19.3 Å². The molecule has 3 atom stereocenters. The van der Waals surface area contributed by atoms with Gasteiger partial charge in [0.25, 0.3) is 0 Å². The molecule has 2 saturated heterocycles. The van der Waals surface area contributed by atoms with Crippen LogP contribution in [-0.2, 0) is 9.53 Å². The van der Waals surface area contributed by atoms with Crippen molar-refractivity contribution in [2.75, 3.05) is 19.7 Å². The summed E-state index contributed by atoms with van der Waals surface area (Å²) < 4.78 is 5.41. The average molecular weight is 240 g/mol. The molecule has 0 bridgehead atoms. The Labute approximate surface area is 103 Å². The molecule has 2 N–H and O–H groups in total. The third-order valence-corrected chi connectivity index (χ3v) is 3.92. The Morgan fingerprint density at radius 3 is 2.94 bits per heavy atom. The van der Waals surface area contributed by atoms with Crippen LogP contribution in [0, 0.1) is 5.92 Å². The molecule has 4 heteroatoms. The molecule has 2 heterocycles. The van der Waals surface area contributed by atoms with Crippen molar-refractivity contribution in [2.45, 2.75) is 51.2 Å². The summed E-state index contributed by atoms with van der Waals surface area (Å²) in [5, 5.41) is 6.54. The molecule has 2 aliphatic heterocycles. The summed E-state index contributed by atoms with van der Waals surface area (Å²) >= 11 is 0. The Balaban J connectivity index is 1.62. The van der Waals surface area contributed by atoms with Crippen LogP contribution < -0.4 is 10.6 Å². The zero-order valence-corrected chi connectivity index (χ0v) is 10.7. The van der Waals surface area contributed by atoms with Crippen molar-refractivity contribution in [3.63, 3.8) is 0 Å². The van der Waals surface area contributed by atoms with E-state index in [0.29, 0.717) is 6.04 Å². The van der Waals surface area contributed by atoms with E-state index in [1.54, 1.807) is 0 Å². The lowest BCUT2D eigenvalue weighted by Crippen LogP contribution is -2.39. The Bertz CT molecular complexity index is 252. The van der Waals surface area contributed by atoms with Gasteiger partial charge < -0.3 is 15.4 Å². The van der Waals surface area contributed by atoms with Crippen LogP contribution in [0.5, 0.6) is 0 Å². The Hall–Kier alpha value is -0.610. The number of nitrogens with one attached hydrogen (secondary N) is 2. The molecule has 2 fully saturated rings. The highest BCUT2D eigenvalue weighted by atomic mass is 16.5. The molecule has 0 aromatic carbocycles. The highest BCUT2D eigenvalue weighted by Gasteiger charge is 2.30. The number of hydrogen-bond acceptors (Lipinski definition) is 3. The van der Waals surface area contributed by atoms with Crippen LogP contribution in [0.2, 0.25) is 0 Å². The quantitative estimate of drug-likeness (QED) is 0.772. The minimum Gasteiger partial charge on any atom is -0.378 e. The van der Waals surface area contributed by atoms with Crippen LogP contribution >= 0.6 is 0 Å². The summed E-state index contributed by atoms with van der Waals surface area (Å²) in [6.07, 6.45) is 5.86. The maximum absolute atomic E-state index is 11.9. The van der Waals surface area contributed by atoms with Gasteiger partial charge in [-0.25, -0.2) is 0 Å². The maximum Gasteiger partial charge on any atom is 0.225 e. The van der Waals surface area contributed by atoms with E-state index >= 15 is 0 Å². The molecule has 3 unspecified atom stereocenters. The second kappa shape index (κ2) is 6.36. The second-order valence-corrected chi connectivity index (χ2v) is 5.20. The lowest BCUT2D eigenvalue weighted by Gasteiger charge is -2.23. The van der Waals surface area contributed by atoms with Gasteiger partial charge in [-0.2, -0.15) is 0 Å². The lowest BCUT2D eigenvalue weighted by atomic mass is 10.0. The Morgan fingerprint density at radius 1 is 1.41 bits per heavy atom. The number of hydrogen-bond donors (Lipinski definition) is 2. The van der Waals surface area contributed by atoms with Crippen LogP contribution in [0.1, 0.15) is 39.0 Å². The van der Waals surface area contributed by atoms with Crippen molar-refractivity contribution in [2.24, 2.45) is 5.92 Å². The summed E-state index contributed by atoms with van der Waals surface area (Å²) in [5.41, 5.74) is 0. The monoisotopic (exact) mass is 240 g/mol. The molecule has 0 spiro atoms. The lowest BCUT2D eigenvalue weighted by molar-refractivity contribution is -0.126. The van der Waals surface area contributed by atoms with Gasteiger partial charge >= 0.3 is 0 Å². The molecule has 0 aliphatic carbocycles. The number of rotatable bonds is 4. The molecule has 4 nitrogen and oxygen atoms in total. The largest absolute Gasteiger partial charge is 0.378 e. The van der Waals surface area contributed by atoms with Crippen LogP contribution in [-0.4, -0.2) is 37.7 Å². The van der Waals surface area contributed by atoms with E-state index in [1.807, 2.05) is 6.92 Å². The molecule has 0 saturated carbocycles. The molecular weight excluding hydrogens is 216 g/mol. The van der Waals surface area contributed by atoms with Gasteiger partial charge in [0.05, 0.1) is 12.0 Å². The zero-order valence-electron chi connectivity index (χ0n) is 10.7. The van der Waals surface area contributed by atoms with E-state index in [0.717, 1.165) is 32.5 Å². The number of carbonyl (C=O) groups is 1. The molecular formula is C13H24N2O2. The van der Waals surface area contributed by atoms with Crippen LogP contribution in [0.3, 0.4) is 0 Å². The molecule has 0 aromatic rings. The van der Waals surface area contributed by atoms with E-state index in [-0.39, 0.29) is 17.9 Å². The fraction of sp³-hybridized carbons (Fsp3) is 0.923. The third-order valence-electron chi connectivity index (χ3n) is 3.92. The second-order valence-electron chi connectivity index (χ2n) is 5.20. The van der Waals surface area contributed by atoms with E-state index < -0.39 is 0 Å². The molecule has 0 aromatic heterocycles. The summed E-state index contributed by atoms with van der Waals surface area (Å²) in [6, 6.07) is 0.598. The molecule has 1 amide bonds. The van der Waals surface area contributed by atoms with Gasteiger partial charge in [-0.3, -0.25) is 4.79 Å². The minimum atomic E-state index is 0.0642. The van der Waals surface area contributed by atoms with Crippen molar-refractivity contribution in [1.29, 1.82) is 0 Å². The van der Waals surface area contributed by atoms with E-state index in [9.17, 15) is 4.79 Å². The Kier molecular flexibility index (Phi) is 4.80. The SMILES string of the molecule is CC1OCCC1C(=O)NCCC1CCCCN1. The van der Waals surface area contributed by atoms with Gasteiger partial charge in [-0.15, -0.1) is 0 Å². The molecule has 17 heavy (non-hydrogen) atoms. The van der Waals surface area contributed by atoms with E-state index in [4.69, 9.17) is 4.74 Å². The highest BCUT2D eigenvalue weighted by molar-refractivity contribution is 5.79. The summed E-state index contributed by atoms with van der Waals surface area (Å²) in [7, 11) is 0. The number of ether oxygens (including phenoxy) is 1. The summed E-state index contributed by atoms with van der Waals surface area (Å²) in [6.45, 7) is 4.63. The van der Waals surface area contributed by atoms with E-state index in [2.05, 4.69) is 10.6 Å². The fourth-order valence-corrected chi connectivity index (χ4v) is 2.75. The van der Waals surface area contributed by atoms with Gasteiger partial charge in [0.15, 0.2) is 0 Å². The summed E-state index contributed by atoms with van der Waals surface area (Å²) in [5.74, 6) is 0.236. The maximum atomic E-state index is 11.9. The number of piperidine rings is 1. The first kappa shape index (κ1) is 12.8. The highest BCUT2D eigenvalue weighted by Crippen LogP contribution is 2.20. The first-order valence-corrected chi connectivity index (χ1v) is 6.90. The van der Waals surface area contributed by atoms with Crippen LogP contribution in [0.25, 0.3) is 0 Å². The molecule has 0 radical (unpaired) electrons. The van der Waals surface area contributed by atoms with Gasteiger partial charge in [0, 0.05) is 19.2 Å². The van der Waals surface area contributed by atoms with Gasteiger partial charge in [0.1, 0.15) is 0 Å². The standard InChI is InChI=1S/C13H24N2O2/c1-10-12(6-9-17-10)13(16)15-8-5-11-4-2-3-7-14-11/h10-12,14H,2-9H2,1H3,(H,15,16). The van der Waals surface area contributed by atoms with Crippen molar-refractivity contribution in [3.8, 4) is 0 Å². The smallest absolute Gasteiger partial charge is 0.225 e. The van der Waals surface area contributed by atoms with Crippen molar-refractivity contribution >= 4 is 5.91 Å². The minimum absolute atomic E-state index is 0.0642. The van der Waals surface area contributed by atoms with Crippen molar-refractivity contribution in [3.05, 3.63) is 0 Å². The Morgan fingerprint density at radius 2 is 2.29 bits per heavy atom. The predicted octanol–water partition coefficient (Wildman–Crippen LogP) is 1.06. The van der Waals surface area contributed by atoms with Crippen molar-refractivity contribution in [1.82, 2.24) is 10.6 Å². The van der Waals surface area contributed by atoms with Crippen LogP contribution in [0.4, 0.5) is 0 Å². The number of carbonyl (C=O) groups excluding carboxylic acids is 1. The zero-order chi connectivity index (χ0) is 12.1. The summed E-state index contributed by atoms with van der Waals surface area (Å²) in [4.78, 5) is 11.9. The fourth-order valence-electron chi connectivity index (χ4n) is 2.75. The van der Waals surface area contributed by atoms with Gasteiger partial charge in [0.2, 0.25) is 5.91 Å². The van der Waals surface area contributed by atoms with Crippen LogP contribution in [0.15, 0.2) is 0 Å². The molecule has 2 aliphatic rings. The topological polar surface area (TPSA) is 50.4 Å². The number of amides is 1. The third kappa shape index (κ3) is 3.68. The molecule has 98 valence electrons. The van der Waals surface area contributed by atoms with Gasteiger partial charge in [-0.1, -0.05) is 6.42 Å². The first-order valence-electron chi connectivity index (χ1n) is 6.90.